The highest BCUT2D eigenvalue weighted by Gasteiger charge is 2.08. The van der Waals surface area contributed by atoms with Gasteiger partial charge in [-0.1, -0.05) is 17.7 Å². The Balaban J connectivity index is 2.18. The minimum atomic E-state index is 0.643. The first-order valence-corrected chi connectivity index (χ1v) is 6.44. The average molecular weight is 277 g/mol. The number of halogens is 1. The van der Waals surface area contributed by atoms with Crippen LogP contribution in [0.1, 0.15) is 11.5 Å². The van der Waals surface area contributed by atoms with Gasteiger partial charge in [0.2, 0.25) is 0 Å². The van der Waals surface area contributed by atoms with Crippen LogP contribution in [0.2, 0.25) is 5.02 Å². The van der Waals surface area contributed by atoms with E-state index in [1.54, 1.807) is 6.20 Å². The number of nitrogens with zero attached hydrogens (tertiary/aromatic N) is 3. The SMILES string of the molecule is Cc1nccc(CNc2cccc(Cl)c2N(C)C)n1. The molecule has 0 aliphatic heterocycles. The molecular formula is C14H17ClN4. The Kier molecular flexibility index (Phi) is 4.22. The van der Waals surface area contributed by atoms with Gasteiger partial charge in [-0.2, -0.15) is 0 Å². The zero-order valence-corrected chi connectivity index (χ0v) is 12.1. The van der Waals surface area contributed by atoms with Gasteiger partial charge in [0.1, 0.15) is 5.82 Å². The third-order valence-corrected chi connectivity index (χ3v) is 3.03. The van der Waals surface area contributed by atoms with Crippen molar-refractivity contribution in [1.29, 1.82) is 0 Å². The summed E-state index contributed by atoms with van der Waals surface area (Å²) in [5, 5.41) is 4.09. The second-order valence-corrected chi connectivity index (χ2v) is 4.89. The van der Waals surface area contributed by atoms with Gasteiger partial charge in [0.15, 0.2) is 0 Å². The van der Waals surface area contributed by atoms with Crippen LogP contribution < -0.4 is 10.2 Å². The van der Waals surface area contributed by atoms with Crippen molar-refractivity contribution in [3.8, 4) is 0 Å². The van der Waals surface area contributed by atoms with Crippen molar-refractivity contribution in [2.24, 2.45) is 0 Å². The number of hydrogen-bond acceptors (Lipinski definition) is 4. The summed E-state index contributed by atoms with van der Waals surface area (Å²) in [5.74, 6) is 0.776. The van der Waals surface area contributed by atoms with E-state index >= 15 is 0 Å². The Morgan fingerprint density at radius 3 is 2.74 bits per heavy atom. The van der Waals surface area contributed by atoms with Crippen LogP contribution >= 0.6 is 11.6 Å². The second kappa shape index (κ2) is 5.89. The highest BCUT2D eigenvalue weighted by atomic mass is 35.5. The van der Waals surface area contributed by atoms with Crippen molar-refractivity contribution < 1.29 is 0 Å². The van der Waals surface area contributed by atoms with Gasteiger partial charge in [-0.15, -0.1) is 0 Å². The molecule has 0 spiro atoms. The van der Waals surface area contributed by atoms with Crippen molar-refractivity contribution in [3.05, 3.63) is 47.0 Å². The van der Waals surface area contributed by atoms with Crippen LogP contribution in [-0.4, -0.2) is 24.1 Å². The molecule has 2 aromatic rings. The lowest BCUT2D eigenvalue weighted by atomic mass is 10.2. The molecule has 1 aromatic carbocycles. The molecule has 1 heterocycles. The van der Waals surface area contributed by atoms with Crippen molar-refractivity contribution in [3.63, 3.8) is 0 Å². The van der Waals surface area contributed by atoms with E-state index in [2.05, 4.69) is 15.3 Å². The number of benzene rings is 1. The van der Waals surface area contributed by atoms with E-state index in [9.17, 15) is 0 Å². The van der Waals surface area contributed by atoms with E-state index in [0.717, 1.165) is 27.9 Å². The molecule has 2 rings (SSSR count). The summed E-state index contributed by atoms with van der Waals surface area (Å²) in [7, 11) is 3.95. The van der Waals surface area contributed by atoms with Crippen LogP contribution in [-0.2, 0) is 6.54 Å². The maximum atomic E-state index is 6.22. The van der Waals surface area contributed by atoms with Crippen molar-refractivity contribution >= 4 is 23.0 Å². The van der Waals surface area contributed by atoms with Gasteiger partial charge in [0.05, 0.1) is 28.6 Å². The monoisotopic (exact) mass is 276 g/mol. The minimum absolute atomic E-state index is 0.643. The fourth-order valence-corrected chi connectivity index (χ4v) is 2.25. The minimum Gasteiger partial charge on any atom is -0.378 e. The Morgan fingerprint density at radius 1 is 1.26 bits per heavy atom. The molecule has 1 aromatic heterocycles. The van der Waals surface area contributed by atoms with Gasteiger partial charge in [-0.3, -0.25) is 0 Å². The average Bonchev–Trinajstić information content (AvgIpc) is 2.36. The summed E-state index contributed by atoms with van der Waals surface area (Å²) < 4.78 is 0. The predicted octanol–water partition coefficient (Wildman–Crippen LogP) is 3.12. The highest BCUT2D eigenvalue weighted by Crippen LogP contribution is 2.32. The molecule has 0 unspecified atom stereocenters. The summed E-state index contributed by atoms with van der Waals surface area (Å²) in [4.78, 5) is 10.4. The highest BCUT2D eigenvalue weighted by molar-refractivity contribution is 6.34. The fourth-order valence-electron chi connectivity index (χ4n) is 1.90. The molecule has 0 saturated carbocycles. The van der Waals surface area contributed by atoms with Crippen molar-refractivity contribution in [2.45, 2.75) is 13.5 Å². The first kappa shape index (κ1) is 13.6. The van der Waals surface area contributed by atoms with E-state index in [-0.39, 0.29) is 0 Å². The van der Waals surface area contributed by atoms with Gasteiger partial charge >= 0.3 is 0 Å². The molecule has 5 heteroatoms. The molecule has 100 valence electrons. The molecule has 0 atom stereocenters. The lowest BCUT2D eigenvalue weighted by molar-refractivity contribution is 0.954. The topological polar surface area (TPSA) is 41.1 Å². The molecule has 4 nitrogen and oxygen atoms in total. The molecule has 19 heavy (non-hydrogen) atoms. The number of nitrogens with one attached hydrogen (secondary N) is 1. The lowest BCUT2D eigenvalue weighted by Crippen LogP contribution is -2.13. The number of rotatable bonds is 4. The maximum absolute atomic E-state index is 6.22. The summed E-state index contributed by atoms with van der Waals surface area (Å²) in [6.07, 6.45) is 1.77. The van der Waals surface area contributed by atoms with E-state index in [4.69, 9.17) is 11.6 Å². The van der Waals surface area contributed by atoms with Crippen LogP contribution in [0.15, 0.2) is 30.5 Å². The van der Waals surface area contributed by atoms with Crippen LogP contribution in [0.3, 0.4) is 0 Å². The fraction of sp³-hybridized carbons (Fsp3) is 0.286. The third kappa shape index (κ3) is 3.35. The standard InChI is InChI=1S/C14H17ClN4/c1-10-16-8-7-11(18-10)9-17-13-6-4-5-12(15)14(13)19(2)3/h4-8,17H,9H2,1-3H3. The predicted molar refractivity (Wildman–Crippen MR) is 79.9 cm³/mol. The van der Waals surface area contributed by atoms with E-state index in [1.165, 1.54) is 0 Å². The molecule has 0 bridgehead atoms. The van der Waals surface area contributed by atoms with Gasteiger partial charge in [-0.25, -0.2) is 9.97 Å². The molecule has 1 N–H and O–H groups in total. The smallest absolute Gasteiger partial charge is 0.125 e. The van der Waals surface area contributed by atoms with E-state index in [1.807, 2.05) is 50.2 Å². The number of aromatic nitrogens is 2. The van der Waals surface area contributed by atoms with Gasteiger partial charge in [0.25, 0.3) is 0 Å². The van der Waals surface area contributed by atoms with Crippen molar-refractivity contribution in [2.75, 3.05) is 24.3 Å². The van der Waals surface area contributed by atoms with Crippen molar-refractivity contribution in [1.82, 2.24) is 9.97 Å². The molecule has 0 radical (unpaired) electrons. The van der Waals surface area contributed by atoms with Crippen LogP contribution in [0.25, 0.3) is 0 Å². The molecular weight excluding hydrogens is 260 g/mol. The summed E-state index contributed by atoms with van der Waals surface area (Å²) >= 11 is 6.22. The number of aryl methyl sites for hydroxylation is 1. The first-order valence-electron chi connectivity index (χ1n) is 6.06. The maximum Gasteiger partial charge on any atom is 0.125 e. The second-order valence-electron chi connectivity index (χ2n) is 4.48. The Labute approximate surface area is 118 Å². The number of para-hydroxylation sites is 1. The third-order valence-electron chi connectivity index (χ3n) is 2.73. The van der Waals surface area contributed by atoms with E-state index < -0.39 is 0 Å². The Morgan fingerprint density at radius 2 is 2.05 bits per heavy atom. The number of anilines is 2. The Hall–Kier alpha value is -1.81. The van der Waals surface area contributed by atoms with Gasteiger partial charge < -0.3 is 10.2 Å². The first-order chi connectivity index (χ1) is 9.08. The largest absolute Gasteiger partial charge is 0.378 e. The van der Waals surface area contributed by atoms with Crippen LogP contribution in [0.5, 0.6) is 0 Å². The lowest BCUT2D eigenvalue weighted by Gasteiger charge is -2.19. The zero-order chi connectivity index (χ0) is 13.8. The molecule has 0 amide bonds. The summed E-state index contributed by atoms with van der Waals surface area (Å²) in [5.41, 5.74) is 2.93. The molecule has 0 saturated heterocycles. The molecule has 0 aliphatic rings. The van der Waals surface area contributed by atoms with E-state index in [0.29, 0.717) is 6.54 Å². The Bertz CT molecular complexity index is 569. The molecule has 0 aliphatic carbocycles. The zero-order valence-electron chi connectivity index (χ0n) is 11.3. The normalized spacial score (nSPS) is 10.3. The molecule has 0 fully saturated rings. The summed E-state index contributed by atoms with van der Waals surface area (Å²) in [6.45, 7) is 2.53. The quantitative estimate of drug-likeness (QED) is 0.932. The van der Waals surface area contributed by atoms with Crippen LogP contribution in [0, 0.1) is 6.92 Å². The van der Waals surface area contributed by atoms with Gasteiger partial charge in [0, 0.05) is 20.3 Å². The number of hydrogen-bond donors (Lipinski definition) is 1. The van der Waals surface area contributed by atoms with Gasteiger partial charge in [-0.05, 0) is 25.1 Å². The van der Waals surface area contributed by atoms with Crippen LogP contribution in [0.4, 0.5) is 11.4 Å². The summed E-state index contributed by atoms with van der Waals surface area (Å²) in [6, 6.07) is 7.73.